The van der Waals surface area contributed by atoms with Crippen molar-refractivity contribution < 1.29 is 32.2 Å². The summed E-state index contributed by atoms with van der Waals surface area (Å²) in [5, 5.41) is 11.1. The maximum Gasteiger partial charge on any atom is 0.420 e. The van der Waals surface area contributed by atoms with Gasteiger partial charge >= 0.3 is 12.1 Å². The van der Waals surface area contributed by atoms with Crippen molar-refractivity contribution in [2.24, 2.45) is 0 Å². The average Bonchev–Trinajstić information content (AvgIpc) is 2.45. The summed E-state index contributed by atoms with van der Waals surface area (Å²) in [6.07, 6.45) is -2.59. The Hall–Kier alpha value is -2.77. The molecule has 0 saturated carbocycles. The Bertz CT molecular complexity index is 701. The van der Waals surface area contributed by atoms with Crippen molar-refractivity contribution in [3.05, 3.63) is 59.1 Å². The molecule has 0 radical (unpaired) electrons. The lowest BCUT2D eigenvalue weighted by atomic mass is 10.1. The molecule has 0 atom stereocenters. The Balaban J connectivity index is 2.44. The Labute approximate surface area is 123 Å². The fourth-order valence-corrected chi connectivity index (χ4v) is 1.71. The van der Waals surface area contributed by atoms with Gasteiger partial charge in [0.05, 0.1) is 18.2 Å². The number of nitrogens with zero attached hydrogens (tertiary/aromatic N) is 1. The summed E-state index contributed by atoms with van der Waals surface area (Å²) in [4.78, 5) is 11.3. The number of aromatic nitrogens is 1. The average molecular weight is 313 g/mol. The molecule has 0 aliphatic rings. The fourth-order valence-electron chi connectivity index (χ4n) is 1.71. The predicted octanol–water partition coefficient (Wildman–Crippen LogP) is 2.92. The number of alkyl halides is 3. The van der Waals surface area contributed by atoms with E-state index >= 15 is 0 Å². The Morgan fingerprint density at radius 2 is 2.00 bits per heavy atom. The maximum absolute atomic E-state index is 13.1. The molecule has 2 aromatic rings. The van der Waals surface area contributed by atoms with E-state index in [9.17, 15) is 23.2 Å². The number of rotatable bonds is 3. The summed E-state index contributed by atoms with van der Waals surface area (Å²) in [6, 6.07) is 5.44. The van der Waals surface area contributed by atoms with Crippen molar-refractivity contribution in [3.8, 4) is 11.5 Å². The lowest BCUT2D eigenvalue weighted by Crippen LogP contribution is -2.23. The second-order valence-corrected chi connectivity index (χ2v) is 4.20. The first-order valence-corrected chi connectivity index (χ1v) is 5.97. The molecular weight excluding hydrogens is 303 g/mol. The normalized spacial score (nSPS) is 11.1. The van der Waals surface area contributed by atoms with Crippen LogP contribution in [0.15, 0.2) is 42.7 Å². The first-order valence-electron chi connectivity index (χ1n) is 5.97. The highest BCUT2D eigenvalue weighted by atomic mass is 19.4. The van der Waals surface area contributed by atoms with Gasteiger partial charge in [0, 0.05) is 6.07 Å². The molecule has 0 aliphatic heterocycles. The van der Waals surface area contributed by atoms with E-state index in [1.165, 1.54) is 12.1 Å². The van der Waals surface area contributed by atoms with Gasteiger partial charge in [0.1, 0.15) is 5.75 Å². The summed E-state index contributed by atoms with van der Waals surface area (Å²) in [7, 11) is 1.07. The number of hydrogen-bond donors (Lipinski definition) is 0. The van der Waals surface area contributed by atoms with Gasteiger partial charge in [-0.3, -0.25) is 0 Å². The number of pyridine rings is 1. The standard InChI is InChI=1S/C14H10F3NO4/c1-21-13(19)9-4-5-12(11(7-9)14(15,16)17)22-10-3-2-6-18(20)8-10/h2-8H,1H3. The van der Waals surface area contributed by atoms with E-state index < -0.39 is 23.5 Å². The Morgan fingerprint density at radius 1 is 1.27 bits per heavy atom. The summed E-state index contributed by atoms with van der Waals surface area (Å²) in [5.74, 6) is -1.48. The minimum absolute atomic E-state index is 0.0613. The highest BCUT2D eigenvalue weighted by Gasteiger charge is 2.35. The van der Waals surface area contributed by atoms with Crippen LogP contribution >= 0.6 is 0 Å². The number of ether oxygens (including phenoxy) is 2. The van der Waals surface area contributed by atoms with Crippen LogP contribution in [0.4, 0.5) is 13.2 Å². The molecular formula is C14H10F3NO4. The molecule has 22 heavy (non-hydrogen) atoms. The molecule has 0 aliphatic carbocycles. The zero-order valence-electron chi connectivity index (χ0n) is 11.3. The second-order valence-electron chi connectivity index (χ2n) is 4.20. The van der Waals surface area contributed by atoms with Crippen LogP contribution in [0.3, 0.4) is 0 Å². The number of carbonyl (C=O) groups is 1. The van der Waals surface area contributed by atoms with E-state index in [4.69, 9.17) is 4.74 Å². The van der Waals surface area contributed by atoms with E-state index in [0.29, 0.717) is 10.8 Å². The van der Waals surface area contributed by atoms with Gasteiger partial charge in [0.2, 0.25) is 6.20 Å². The molecule has 2 rings (SSSR count). The molecule has 1 aromatic carbocycles. The van der Waals surface area contributed by atoms with Crippen LogP contribution < -0.4 is 9.47 Å². The smallest absolute Gasteiger partial charge is 0.420 e. The van der Waals surface area contributed by atoms with E-state index in [-0.39, 0.29) is 11.3 Å². The summed E-state index contributed by atoms with van der Waals surface area (Å²) in [6.45, 7) is 0. The highest BCUT2D eigenvalue weighted by Crippen LogP contribution is 2.38. The Morgan fingerprint density at radius 3 is 2.59 bits per heavy atom. The largest absolute Gasteiger partial charge is 0.619 e. The fraction of sp³-hybridized carbons (Fsp3) is 0.143. The van der Waals surface area contributed by atoms with Gasteiger partial charge < -0.3 is 14.7 Å². The monoisotopic (exact) mass is 313 g/mol. The van der Waals surface area contributed by atoms with Gasteiger partial charge in [-0.25, -0.2) is 4.79 Å². The molecule has 1 aromatic heterocycles. The topological polar surface area (TPSA) is 62.5 Å². The lowest BCUT2D eigenvalue weighted by Gasteiger charge is -2.14. The number of halogens is 3. The molecule has 0 saturated heterocycles. The Kier molecular flexibility index (Phi) is 4.20. The summed E-state index contributed by atoms with van der Waals surface area (Å²) < 4.78 is 49.1. The van der Waals surface area contributed by atoms with Gasteiger partial charge in [0.25, 0.3) is 0 Å². The van der Waals surface area contributed by atoms with E-state index in [1.54, 1.807) is 0 Å². The van der Waals surface area contributed by atoms with Crippen molar-refractivity contribution >= 4 is 5.97 Å². The summed E-state index contributed by atoms with van der Waals surface area (Å²) >= 11 is 0. The third-order valence-corrected chi connectivity index (χ3v) is 2.68. The zero-order valence-corrected chi connectivity index (χ0v) is 11.3. The quantitative estimate of drug-likeness (QED) is 0.496. The van der Waals surface area contributed by atoms with Gasteiger partial charge in [-0.05, 0) is 24.3 Å². The molecule has 116 valence electrons. The van der Waals surface area contributed by atoms with E-state index in [0.717, 1.165) is 31.6 Å². The van der Waals surface area contributed by atoms with Gasteiger partial charge in [-0.15, -0.1) is 0 Å². The van der Waals surface area contributed by atoms with Crippen LogP contribution in [0, 0.1) is 5.21 Å². The third kappa shape index (κ3) is 3.46. The van der Waals surface area contributed by atoms with E-state index in [2.05, 4.69) is 4.74 Å². The van der Waals surface area contributed by atoms with Crippen molar-refractivity contribution in [1.29, 1.82) is 0 Å². The number of hydrogen-bond acceptors (Lipinski definition) is 4. The van der Waals surface area contributed by atoms with Crippen LogP contribution in [0.25, 0.3) is 0 Å². The SMILES string of the molecule is COC(=O)c1ccc(Oc2ccc[n+]([O-])c2)c(C(F)(F)F)c1. The van der Waals surface area contributed by atoms with Crippen LogP contribution in [0.2, 0.25) is 0 Å². The lowest BCUT2D eigenvalue weighted by molar-refractivity contribution is -0.605. The van der Waals surface area contributed by atoms with Gasteiger partial charge in [0.15, 0.2) is 11.9 Å². The summed E-state index contributed by atoms with van der Waals surface area (Å²) in [5.41, 5.74) is -1.40. The van der Waals surface area contributed by atoms with Crippen LogP contribution in [-0.2, 0) is 10.9 Å². The number of methoxy groups -OCH3 is 1. The number of esters is 1. The van der Waals surface area contributed by atoms with Gasteiger partial charge in [-0.2, -0.15) is 17.9 Å². The van der Waals surface area contributed by atoms with Crippen LogP contribution in [0.5, 0.6) is 11.5 Å². The molecule has 0 spiro atoms. The van der Waals surface area contributed by atoms with Gasteiger partial charge in [-0.1, -0.05) is 0 Å². The molecule has 1 heterocycles. The molecule has 0 N–H and O–H groups in total. The zero-order chi connectivity index (χ0) is 16.3. The molecule has 0 unspecified atom stereocenters. The third-order valence-electron chi connectivity index (χ3n) is 2.68. The molecule has 8 heteroatoms. The van der Waals surface area contributed by atoms with Crippen LogP contribution in [-0.4, -0.2) is 13.1 Å². The van der Waals surface area contributed by atoms with Crippen LogP contribution in [0.1, 0.15) is 15.9 Å². The molecule has 0 fully saturated rings. The first kappa shape index (κ1) is 15.6. The first-order chi connectivity index (χ1) is 10.3. The minimum atomic E-state index is -4.73. The van der Waals surface area contributed by atoms with Crippen molar-refractivity contribution in [2.45, 2.75) is 6.18 Å². The molecule has 5 nitrogen and oxygen atoms in total. The molecule has 0 bridgehead atoms. The predicted molar refractivity (Wildman–Crippen MR) is 68.3 cm³/mol. The second kappa shape index (κ2) is 5.92. The number of benzene rings is 1. The van der Waals surface area contributed by atoms with E-state index in [1.807, 2.05) is 0 Å². The number of carbonyl (C=O) groups excluding carboxylic acids is 1. The minimum Gasteiger partial charge on any atom is -0.619 e. The highest BCUT2D eigenvalue weighted by molar-refractivity contribution is 5.89. The van der Waals surface area contributed by atoms with Crippen molar-refractivity contribution in [1.82, 2.24) is 0 Å². The maximum atomic E-state index is 13.1. The molecule has 0 amide bonds. The van der Waals surface area contributed by atoms with Crippen molar-refractivity contribution in [2.75, 3.05) is 7.11 Å². The van der Waals surface area contributed by atoms with Crippen molar-refractivity contribution in [3.63, 3.8) is 0 Å².